The van der Waals surface area contributed by atoms with Crippen LogP contribution in [0.2, 0.25) is 0 Å². The molecule has 0 saturated carbocycles. The first kappa shape index (κ1) is 18.2. The molecule has 27 heavy (non-hydrogen) atoms. The second-order valence-corrected chi connectivity index (χ2v) is 7.97. The molecular formula is C22H29N3O2. The van der Waals surface area contributed by atoms with Gasteiger partial charge in [-0.3, -0.25) is 9.69 Å². The fourth-order valence-corrected chi connectivity index (χ4v) is 4.39. The van der Waals surface area contributed by atoms with Gasteiger partial charge in [0, 0.05) is 25.6 Å². The molecule has 1 atom stereocenters. The maximum absolute atomic E-state index is 12.8. The molecule has 2 aromatic rings. The second-order valence-electron chi connectivity index (χ2n) is 7.97. The van der Waals surface area contributed by atoms with Gasteiger partial charge in [-0.15, -0.1) is 0 Å². The minimum absolute atomic E-state index is 0.163. The van der Waals surface area contributed by atoms with Gasteiger partial charge in [-0.05, 0) is 50.1 Å². The van der Waals surface area contributed by atoms with Crippen molar-refractivity contribution in [2.45, 2.75) is 51.0 Å². The van der Waals surface area contributed by atoms with Crippen molar-refractivity contribution in [2.75, 3.05) is 26.7 Å². The summed E-state index contributed by atoms with van der Waals surface area (Å²) in [5, 5.41) is 4.24. The first-order chi connectivity index (χ1) is 13.2. The smallest absolute Gasteiger partial charge is 0.236 e. The van der Waals surface area contributed by atoms with Gasteiger partial charge in [0.05, 0.1) is 13.1 Å². The molecule has 2 aliphatic rings. The van der Waals surface area contributed by atoms with Crippen LogP contribution in [0.5, 0.6) is 0 Å². The Hall–Kier alpha value is -2.14. The fourth-order valence-electron chi connectivity index (χ4n) is 4.39. The molecule has 1 saturated heterocycles. The first-order valence-electron chi connectivity index (χ1n) is 10.2. The molecule has 1 unspecified atom stereocenters. The number of aromatic nitrogens is 1. The Bertz CT molecular complexity index is 771. The molecule has 0 radical (unpaired) electrons. The molecule has 1 fully saturated rings. The number of amides is 1. The molecule has 1 aliphatic carbocycles. The number of aryl methyl sites for hydroxylation is 1. The molecule has 1 aromatic carbocycles. The summed E-state index contributed by atoms with van der Waals surface area (Å²) >= 11 is 0. The van der Waals surface area contributed by atoms with Crippen LogP contribution in [-0.2, 0) is 24.2 Å². The van der Waals surface area contributed by atoms with Crippen LogP contribution < -0.4 is 0 Å². The zero-order valence-electron chi connectivity index (χ0n) is 16.2. The second kappa shape index (κ2) is 8.26. The lowest BCUT2D eigenvalue weighted by Gasteiger charge is -2.33. The molecule has 4 rings (SSSR count). The molecule has 2 heterocycles. The number of rotatable bonds is 5. The van der Waals surface area contributed by atoms with Crippen molar-refractivity contribution in [1.29, 1.82) is 0 Å². The monoisotopic (exact) mass is 367 g/mol. The molecule has 1 amide bonds. The van der Waals surface area contributed by atoms with Crippen LogP contribution in [0.1, 0.15) is 54.2 Å². The Kier molecular flexibility index (Phi) is 5.58. The number of nitrogens with zero attached hydrogens (tertiary/aromatic N) is 3. The lowest BCUT2D eigenvalue weighted by Crippen LogP contribution is -2.42. The van der Waals surface area contributed by atoms with E-state index in [1.165, 1.54) is 30.4 Å². The van der Waals surface area contributed by atoms with Crippen molar-refractivity contribution >= 4 is 5.91 Å². The molecule has 144 valence electrons. The fraction of sp³-hybridized carbons (Fsp3) is 0.545. The zero-order chi connectivity index (χ0) is 18.6. The molecule has 5 nitrogen and oxygen atoms in total. The van der Waals surface area contributed by atoms with E-state index < -0.39 is 0 Å². The summed E-state index contributed by atoms with van der Waals surface area (Å²) < 4.78 is 5.48. The third kappa shape index (κ3) is 4.24. The number of likely N-dealkylation sites (tertiary alicyclic amines) is 1. The molecule has 0 bridgehead atoms. The van der Waals surface area contributed by atoms with E-state index in [4.69, 9.17) is 4.52 Å². The Morgan fingerprint density at radius 3 is 2.89 bits per heavy atom. The number of carbonyl (C=O) groups excluding carboxylic acids is 1. The number of hydrogen-bond donors (Lipinski definition) is 0. The van der Waals surface area contributed by atoms with Crippen LogP contribution >= 0.6 is 0 Å². The molecule has 0 N–H and O–H groups in total. The van der Waals surface area contributed by atoms with Crippen LogP contribution in [0.4, 0.5) is 0 Å². The maximum Gasteiger partial charge on any atom is 0.236 e. The molecule has 1 aliphatic heterocycles. The van der Waals surface area contributed by atoms with E-state index >= 15 is 0 Å². The highest BCUT2D eigenvalue weighted by Crippen LogP contribution is 2.27. The summed E-state index contributed by atoms with van der Waals surface area (Å²) in [4.78, 5) is 16.9. The quantitative estimate of drug-likeness (QED) is 0.813. The van der Waals surface area contributed by atoms with Crippen molar-refractivity contribution in [2.24, 2.45) is 0 Å². The van der Waals surface area contributed by atoms with Gasteiger partial charge in [-0.25, -0.2) is 0 Å². The van der Waals surface area contributed by atoms with Gasteiger partial charge in [-0.1, -0.05) is 35.5 Å². The maximum atomic E-state index is 12.8. The van der Waals surface area contributed by atoms with E-state index in [1.807, 2.05) is 7.05 Å². The summed E-state index contributed by atoms with van der Waals surface area (Å²) in [7, 11) is 1.88. The molecule has 1 aromatic heterocycles. The Labute approximate surface area is 161 Å². The van der Waals surface area contributed by atoms with E-state index in [0.717, 1.165) is 43.8 Å². The van der Waals surface area contributed by atoms with E-state index in [0.29, 0.717) is 19.0 Å². The Morgan fingerprint density at radius 1 is 1.22 bits per heavy atom. The predicted octanol–water partition coefficient (Wildman–Crippen LogP) is 3.39. The van der Waals surface area contributed by atoms with Gasteiger partial charge in [0.15, 0.2) is 0 Å². The highest BCUT2D eigenvalue weighted by molar-refractivity contribution is 5.78. The number of carbonyl (C=O) groups is 1. The third-order valence-corrected chi connectivity index (χ3v) is 5.98. The lowest BCUT2D eigenvalue weighted by atomic mass is 9.91. The van der Waals surface area contributed by atoms with Crippen LogP contribution in [-0.4, -0.2) is 47.5 Å². The number of fused-ring (bicyclic) bond motifs is 1. The van der Waals surface area contributed by atoms with Gasteiger partial charge < -0.3 is 9.42 Å². The third-order valence-electron chi connectivity index (χ3n) is 5.98. The summed E-state index contributed by atoms with van der Waals surface area (Å²) in [6, 6.07) is 10.7. The van der Waals surface area contributed by atoms with Crippen molar-refractivity contribution in [1.82, 2.24) is 15.0 Å². The summed E-state index contributed by atoms with van der Waals surface area (Å²) in [5.74, 6) is 1.72. The Balaban J connectivity index is 1.33. The SMILES string of the molecule is CN(Cc1noc2c1CCCC2)C(=O)CN1CCCC(c2ccccc2)C1. The van der Waals surface area contributed by atoms with Crippen molar-refractivity contribution in [3.63, 3.8) is 0 Å². The molecular weight excluding hydrogens is 338 g/mol. The van der Waals surface area contributed by atoms with Gasteiger partial charge in [0.25, 0.3) is 0 Å². The highest BCUT2D eigenvalue weighted by atomic mass is 16.5. The number of likely N-dealkylation sites (N-methyl/N-ethyl adjacent to an activating group) is 1. The van der Waals surface area contributed by atoms with Crippen LogP contribution in [0, 0.1) is 0 Å². The summed E-state index contributed by atoms with van der Waals surface area (Å²) in [6.07, 6.45) is 6.72. The normalized spacial score (nSPS) is 20.3. The van der Waals surface area contributed by atoms with E-state index in [9.17, 15) is 4.79 Å². The van der Waals surface area contributed by atoms with Crippen molar-refractivity contribution in [3.8, 4) is 0 Å². The van der Waals surface area contributed by atoms with Crippen LogP contribution in [0.3, 0.4) is 0 Å². The standard InChI is InChI=1S/C22H29N3O2/c1-24(15-20-19-11-5-6-12-21(19)27-23-20)22(26)16-25-13-7-10-18(14-25)17-8-3-2-4-9-17/h2-4,8-9,18H,5-7,10-16H2,1H3. The summed E-state index contributed by atoms with van der Waals surface area (Å²) in [6.45, 7) is 3.00. The van der Waals surface area contributed by atoms with Gasteiger partial charge in [0.1, 0.15) is 11.5 Å². The minimum Gasteiger partial charge on any atom is -0.361 e. The van der Waals surface area contributed by atoms with Crippen LogP contribution in [0.15, 0.2) is 34.9 Å². The largest absolute Gasteiger partial charge is 0.361 e. The van der Waals surface area contributed by atoms with Gasteiger partial charge >= 0.3 is 0 Å². The van der Waals surface area contributed by atoms with Gasteiger partial charge in [0.2, 0.25) is 5.91 Å². The molecule has 0 spiro atoms. The van der Waals surface area contributed by atoms with E-state index in [1.54, 1.807) is 4.90 Å². The molecule has 5 heteroatoms. The lowest BCUT2D eigenvalue weighted by molar-refractivity contribution is -0.132. The van der Waals surface area contributed by atoms with E-state index in [2.05, 4.69) is 40.4 Å². The number of piperidine rings is 1. The number of hydrogen-bond acceptors (Lipinski definition) is 4. The van der Waals surface area contributed by atoms with Crippen molar-refractivity contribution in [3.05, 3.63) is 52.9 Å². The van der Waals surface area contributed by atoms with Gasteiger partial charge in [-0.2, -0.15) is 0 Å². The highest BCUT2D eigenvalue weighted by Gasteiger charge is 2.25. The minimum atomic E-state index is 0.163. The topological polar surface area (TPSA) is 49.6 Å². The average molecular weight is 367 g/mol. The summed E-state index contributed by atoms with van der Waals surface area (Å²) in [5.41, 5.74) is 3.57. The Morgan fingerprint density at radius 2 is 2.04 bits per heavy atom. The number of benzene rings is 1. The van der Waals surface area contributed by atoms with E-state index in [-0.39, 0.29) is 5.91 Å². The van der Waals surface area contributed by atoms with Crippen LogP contribution in [0.25, 0.3) is 0 Å². The van der Waals surface area contributed by atoms with Crippen molar-refractivity contribution < 1.29 is 9.32 Å². The average Bonchev–Trinajstić information content (AvgIpc) is 3.12. The first-order valence-corrected chi connectivity index (χ1v) is 10.2. The predicted molar refractivity (Wildman–Crippen MR) is 104 cm³/mol. The zero-order valence-corrected chi connectivity index (χ0v) is 16.2.